The number of halogens is 2. The van der Waals surface area contributed by atoms with Crippen molar-refractivity contribution in [1.29, 1.82) is 0 Å². The van der Waals surface area contributed by atoms with E-state index in [1.165, 1.54) is 6.07 Å². The van der Waals surface area contributed by atoms with Crippen molar-refractivity contribution in [2.45, 2.75) is 19.5 Å². The molecule has 2 aromatic rings. The van der Waals surface area contributed by atoms with Gasteiger partial charge in [0.15, 0.2) is 0 Å². The highest BCUT2D eigenvalue weighted by atomic mass is 35.5. The van der Waals surface area contributed by atoms with Crippen molar-refractivity contribution in [2.24, 2.45) is 0 Å². The molecule has 1 saturated heterocycles. The van der Waals surface area contributed by atoms with Crippen LogP contribution in [0.15, 0.2) is 42.5 Å². The summed E-state index contributed by atoms with van der Waals surface area (Å²) in [6.07, 6.45) is 0. The van der Waals surface area contributed by atoms with E-state index in [4.69, 9.17) is 16.3 Å². The summed E-state index contributed by atoms with van der Waals surface area (Å²) in [4.78, 5) is 16.6. The molecule has 6 heteroatoms. The van der Waals surface area contributed by atoms with Crippen LogP contribution in [0.4, 0.5) is 10.1 Å². The van der Waals surface area contributed by atoms with Gasteiger partial charge in [0.1, 0.15) is 11.6 Å². The fourth-order valence-corrected chi connectivity index (χ4v) is 3.25. The van der Waals surface area contributed by atoms with E-state index >= 15 is 0 Å². The quantitative estimate of drug-likeness (QED) is 0.831. The minimum Gasteiger partial charge on any atom is -0.495 e. The zero-order valence-electron chi connectivity index (χ0n) is 14.2. The number of ether oxygens (including phenoxy) is 1. The normalized spacial score (nSPS) is 18.5. The number of benzene rings is 2. The van der Waals surface area contributed by atoms with Gasteiger partial charge in [-0.1, -0.05) is 29.8 Å². The Morgan fingerprint density at radius 1 is 1.24 bits per heavy atom. The third kappa shape index (κ3) is 3.62. The molecule has 0 bridgehead atoms. The summed E-state index contributed by atoms with van der Waals surface area (Å²) in [5.41, 5.74) is 1.26. The first-order valence-electron chi connectivity index (χ1n) is 8.13. The van der Waals surface area contributed by atoms with Crippen molar-refractivity contribution in [3.63, 3.8) is 0 Å². The molecule has 1 atom stereocenters. The van der Waals surface area contributed by atoms with E-state index in [-0.39, 0.29) is 17.8 Å². The van der Waals surface area contributed by atoms with Crippen LogP contribution in [0.2, 0.25) is 5.02 Å². The Labute approximate surface area is 151 Å². The van der Waals surface area contributed by atoms with E-state index in [2.05, 4.69) is 0 Å². The van der Waals surface area contributed by atoms with Crippen LogP contribution < -0.4 is 9.64 Å². The molecule has 25 heavy (non-hydrogen) atoms. The Hall–Kier alpha value is -2.11. The Balaban J connectivity index is 1.80. The number of anilines is 1. The van der Waals surface area contributed by atoms with Crippen LogP contribution in [0.5, 0.6) is 5.75 Å². The summed E-state index contributed by atoms with van der Waals surface area (Å²) < 4.78 is 19.3. The SMILES string of the molecule is COc1ccc(Cl)cc1N1CCN(Cc2ccccc2F)[C@@H](C)C1=O. The van der Waals surface area contributed by atoms with Crippen LogP contribution in [0.25, 0.3) is 0 Å². The molecule has 1 aliphatic rings. The summed E-state index contributed by atoms with van der Waals surface area (Å²) >= 11 is 6.08. The zero-order valence-corrected chi connectivity index (χ0v) is 15.0. The number of carbonyl (C=O) groups excluding carboxylic acids is 1. The maximum Gasteiger partial charge on any atom is 0.244 e. The lowest BCUT2D eigenvalue weighted by Crippen LogP contribution is -2.55. The van der Waals surface area contributed by atoms with E-state index in [1.807, 2.05) is 11.8 Å². The molecule has 1 amide bonds. The van der Waals surface area contributed by atoms with Gasteiger partial charge in [-0.2, -0.15) is 0 Å². The van der Waals surface area contributed by atoms with E-state index in [9.17, 15) is 9.18 Å². The van der Waals surface area contributed by atoms with Crippen molar-refractivity contribution >= 4 is 23.2 Å². The summed E-state index contributed by atoms with van der Waals surface area (Å²) in [5.74, 6) is 0.303. The minimum absolute atomic E-state index is 0.0526. The molecular formula is C19H20ClFN2O2. The van der Waals surface area contributed by atoms with Gasteiger partial charge in [-0.3, -0.25) is 9.69 Å². The third-order valence-corrected chi connectivity index (χ3v) is 4.78. The van der Waals surface area contributed by atoms with E-state index < -0.39 is 0 Å². The van der Waals surface area contributed by atoms with E-state index in [0.717, 1.165) is 0 Å². The monoisotopic (exact) mass is 362 g/mol. The van der Waals surface area contributed by atoms with Gasteiger partial charge in [-0.05, 0) is 31.2 Å². The van der Waals surface area contributed by atoms with Crippen LogP contribution >= 0.6 is 11.6 Å². The van der Waals surface area contributed by atoms with Crippen LogP contribution in [0.3, 0.4) is 0 Å². The largest absolute Gasteiger partial charge is 0.495 e. The smallest absolute Gasteiger partial charge is 0.244 e. The molecule has 0 unspecified atom stereocenters. The summed E-state index contributed by atoms with van der Waals surface area (Å²) in [6, 6.07) is 11.5. The van der Waals surface area contributed by atoms with Crippen LogP contribution in [0.1, 0.15) is 12.5 Å². The maximum absolute atomic E-state index is 13.9. The van der Waals surface area contributed by atoms with Crippen molar-refractivity contribution in [2.75, 3.05) is 25.1 Å². The average molecular weight is 363 g/mol. The second-order valence-electron chi connectivity index (χ2n) is 6.04. The number of rotatable bonds is 4. The fourth-order valence-electron chi connectivity index (χ4n) is 3.09. The molecule has 1 heterocycles. The summed E-state index contributed by atoms with van der Waals surface area (Å²) in [5, 5.41) is 0.546. The lowest BCUT2D eigenvalue weighted by molar-refractivity contribution is -0.125. The predicted octanol–water partition coefficient (Wildman–Crippen LogP) is 3.73. The van der Waals surface area contributed by atoms with Gasteiger partial charge >= 0.3 is 0 Å². The molecule has 4 nitrogen and oxygen atoms in total. The standard InChI is InChI=1S/C19H20ClFN2O2/c1-13-19(24)23(17-11-15(20)7-8-18(17)25-2)10-9-22(13)12-14-5-3-4-6-16(14)21/h3-8,11,13H,9-10,12H2,1-2H3/t13-/m0/s1. The highest BCUT2D eigenvalue weighted by Gasteiger charge is 2.33. The van der Waals surface area contributed by atoms with Crippen molar-refractivity contribution < 1.29 is 13.9 Å². The third-order valence-electron chi connectivity index (χ3n) is 4.54. The fraction of sp³-hybridized carbons (Fsp3) is 0.316. The molecule has 1 fully saturated rings. The van der Waals surface area contributed by atoms with Gasteiger partial charge in [0.05, 0.1) is 18.8 Å². The maximum atomic E-state index is 13.9. The Morgan fingerprint density at radius 3 is 2.72 bits per heavy atom. The first-order chi connectivity index (χ1) is 12.0. The van der Waals surface area contributed by atoms with Crippen molar-refractivity contribution in [1.82, 2.24) is 4.90 Å². The second-order valence-corrected chi connectivity index (χ2v) is 6.48. The lowest BCUT2D eigenvalue weighted by Gasteiger charge is -2.39. The van der Waals surface area contributed by atoms with Gasteiger partial charge in [-0.15, -0.1) is 0 Å². The van der Waals surface area contributed by atoms with Crippen LogP contribution in [0, 0.1) is 5.82 Å². The molecule has 2 aromatic carbocycles. The molecule has 0 N–H and O–H groups in total. The topological polar surface area (TPSA) is 32.8 Å². The minimum atomic E-state index is -0.364. The molecule has 1 aliphatic heterocycles. The highest BCUT2D eigenvalue weighted by Crippen LogP contribution is 2.33. The number of piperazine rings is 1. The van der Waals surface area contributed by atoms with Crippen molar-refractivity contribution in [3.8, 4) is 5.75 Å². The van der Waals surface area contributed by atoms with Gasteiger partial charge in [0.2, 0.25) is 5.91 Å². The van der Waals surface area contributed by atoms with Crippen molar-refractivity contribution in [3.05, 3.63) is 58.9 Å². The zero-order chi connectivity index (χ0) is 18.0. The van der Waals surface area contributed by atoms with Gasteiger partial charge in [0.25, 0.3) is 0 Å². The number of methoxy groups -OCH3 is 1. The Bertz CT molecular complexity index is 784. The van der Waals surface area contributed by atoms with Gasteiger partial charge in [0, 0.05) is 30.2 Å². The molecule has 0 spiro atoms. The average Bonchev–Trinajstić information content (AvgIpc) is 2.61. The summed E-state index contributed by atoms with van der Waals surface area (Å²) in [6.45, 7) is 3.37. The second kappa shape index (κ2) is 7.42. The molecule has 3 rings (SSSR count). The molecular weight excluding hydrogens is 343 g/mol. The van der Waals surface area contributed by atoms with E-state index in [0.29, 0.717) is 41.7 Å². The first kappa shape index (κ1) is 17.7. The number of hydrogen-bond acceptors (Lipinski definition) is 3. The number of hydrogen-bond donors (Lipinski definition) is 0. The molecule has 0 aliphatic carbocycles. The van der Waals surface area contributed by atoms with E-state index in [1.54, 1.807) is 48.4 Å². The molecule has 0 aromatic heterocycles. The molecule has 0 saturated carbocycles. The summed E-state index contributed by atoms with van der Waals surface area (Å²) in [7, 11) is 1.56. The number of nitrogens with zero attached hydrogens (tertiary/aromatic N) is 2. The first-order valence-corrected chi connectivity index (χ1v) is 8.51. The lowest BCUT2D eigenvalue weighted by atomic mass is 10.1. The molecule has 0 radical (unpaired) electrons. The van der Waals surface area contributed by atoms with Gasteiger partial charge in [-0.25, -0.2) is 4.39 Å². The number of carbonyl (C=O) groups is 1. The molecule has 132 valence electrons. The van der Waals surface area contributed by atoms with Crippen LogP contribution in [-0.4, -0.2) is 37.0 Å². The van der Waals surface area contributed by atoms with Gasteiger partial charge < -0.3 is 9.64 Å². The Morgan fingerprint density at radius 2 is 2.00 bits per heavy atom. The Kier molecular flexibility index (Phi) is 5.25. The van der Waals surface area contributed by atoms with Crippen LogP contribution in [-0.2, 0) is 11.3 Å². The predicted molar refractivity (Wildman–Crippen MR) is 96.6 cm³/mol. The highest BCUT2D eigenvalue weighted by molar-refractivity contribution is 6.31. The number of amides is 1.